The van der Waals surface area contributed by atoms with Gasteiger partial charge in [0.05, 0.1) is 26.9 Å². The van der Waals surface area contributed by atoms with E-state index in [0.29, 0.717) is 16.9 Å². The quantitative estimate of drug-likeness (QED) is 0.617. The highest BCUT2D eigenvalue weighted by atomic mass is 16.5. The standard InChI is InChI=1S/C19H20O6/c1-11-7-13(23-2)5-6-14(11)15(19(21)22)8-12-9-16(24-3)18(20)17(10-12)25-4/h5-10,20H,1-4H3,(H,21,22)/b15-8-. The van der Waals surface area contributed by atoms with Crippen molar-refractivity contribution >= 4 is 17.6 Å². The van der Waals surface area contributed by atoms with E-state index in [2.05, 4.69) is 0 Å². The van der Waals surface area contributed by atoms with Crippen LogP contribution in [0.15, 0.2) is 30.3 Å². The van der Waals surface area contributed by atoms with Gasteiger partial charge in [0, 0.05) is 0 Å². The molecular formula is C19H20O6. The number of hydrogen-bond acceptors (Lipinski definition) is 5. The number of aryl methyl sites for hydroxylation is 1. The Morgan fingerprint density at radius 3 is 2.04 bits per heavy atom. The Kier molecular flexibility index (Phi) is 5.54. The predicted molar refractivity (Wildman–Crippen MR) is 94.4 cm³/mol. The second-order valence-corrected chi connectivity index (χ2v) is 5.32. The molecule has 0 saturated carbocycles. The first-order valence-corrected chi connectivity index (χ1v) is 7.46. The summed E-state index contributed by atoms with van der Waals surface area (Å²) in [4.78, 5) is 11.8. The van der Waals surface area contributed by atoms with Gasteiger partial charge in [-0.2, -0.15) is 0 Å². The summed E-state index contributed by atoms with van der Waals surface area (Å²) in [5.41, 5.74) is 1.97. The normalized spacial score (nSPS) is 11.1. The first-order valence-electron chi connectivity index (χ1n) is 7.46. The lowest BCUT2D eigenvalue weighted by molar-refractivity contribution is -0.130. The molecule has 132 valence electrons. The van der Waals surface area contributed by atoms with Crippen LogP contribution in [0.5, 0.6) is 23.0 Å². The minimum atomic E-state index is -1.07. The number of ether oxygens (including phenoxy) is 3. The largest absolute Gasteiger partial charge is 0.502 e. The van der Waals surface area contributed by atoms with Gasteiger partial charge in [0.25, 0.3) is 0 Å². The molecule has 0 aliphatic carbocycles. The Morgan fingerprint density at radius 1 is 1.00 bits per heavy atom. The van der Waals surface area contributed by atoms with Crippen LogP contribution in [-0.4, -0.2) is 37.5 Å². The van der Waals surface area contributed by atoms with Crippen molar-refractivity contribution in [1.82, 2.24) is 0 Å². The van der Waals surface area contributed by atoms with Crippen LogP contribution in [0.3, 0.4) is 0 Å². The van der Waals surface area contributed by atoms with Gasteiger partial charge in [0.2, 0.25) is 5.75 Å². The van der Waals surface area contributed by atoms with Crippen LogP contribution in [0, 0.1) is 6.92 Å². The molecule has 0 aliphatic heterocycles. The van der Waals surface area contributed by atoms with E-state index in [1.54, 1.807) is 37.4 Å². The lowest BCUT2D eigenvalue weighted by atomic mass is 9.98. The van der Waals surface area contributed by atoms with Crippen molar-refractivity contribution in [2.45, 2.75) is 6.92 Å². The zero-order valence-electron chi connectivity index (χ0n) is 14.5. The molecule has 0 amide bonds. The molecule has 6 nitrogen and oxygen atoms in total. The molecule has 0 fully saturated rings. The van der Waals surface area contributed by atoms with Gasteiger partial charge in [-0.1, -0.05) is 6.07 Å². The number of carboxylic acid groups (broad SMARTS) is 1. The highest BCUT2D eigenvalue weighted by Gasteiger charge is 2.16. The van der Waals surface area contributed by atoms with Crippen LogP contribution < -0.4 is 14.2 Å². The molecule has 2 N–H and O–H groups in total. The lowest BCUT2D eigenvalue weighted by Gasteiger charge is -2.12. The van der Waals surface area contributed by atoms with Gasteiger partial charge >= 0.3 is 5.97 Å². The summed E-state index contributed by atoms with van der Waals surface area (Å²) in [6.07, 6.45) is 1.50. The Labute approximate surface area is 145 Å². The maximum absolute atomic E-state index is 11.8. The number of benzene rings is 2. The summed E-state index contributed by atoms with van der Waals surface area (Å²) in [6, 6.07) is 8.25. The van der Waals surface area contributed by atoms with Gasteiger partial charge in [-0.05, 0) is 54.0 Å². The zero-order valence-corrected chi connectivity index (χ0v) is 14.5. The van der Waals surface area contributed by atoms with Crippen molar-refractivity contribution in [3.05, 3.63) is 47.0 Å². The second kappa shape index (κ2) is 7.61. The van der Waals surface area contributed by atoms with Crippen molar-refractivity contribution in [3.8, 4) is 23.0 Å². The molecular weight excluding hydrogens is 324 g/mol. The van der Waals surface area contributed by atoms with E-state index >= 15 is 0 Å². The zero-order chi connectivity index (χ0) is 18.6. The summed E-state index contributed by atoms with van der Waals surface area (Å²) in [5, 5.41) is 19.6. The predicted octanol–water partition coefficient (Wildman–Crippen LogP) is 3.35. The topological polar surface area (TPSA) is 85.2 Å². The van der Waals surface area contributed by atoms with Crippen LogP contribution in [0.2, 0.25) is 0 Å². The van der Waals surface area contributed by atoms with Crippen molar-refractivity contribution in [2.24, 2.45) is 0 Å². The van der Waals surface area contributed by atoms with E-state index in [1.165, 1.54) is 20.3 Å². The van der Waals surface area contributed by atoms with Crippen molar-refractivity contribution < 1.29 is 29.2 Å². The number of phenols is 1. The maximum atomic E-state index is 11.8. The van der Waals surface area contributed by atoms with Crippen molar-refractivity contribution in [1.29, 1.82) is 0 Å². The van der Waals surface area contributed by atoms with Crippen molar-refractivity contribution in [3.63, 3.8) is 0 Å². The van der Waals surface area contributed by atoms with Crippen LogP contribution >= 0.6 is 0 Å². The number of hydrogen-bond donors (Lipinski definition) is 2. The number of phenolic OH excluding ortho intramolecular Hbond substituents is 1. The molecule has 0 bridgehead atoms. The molecule has 6 heteroatoms. The SMILES string of the molecule is COc1ccc(/C(=C/c2cc(OC)c(O)c(OC)c2)C(=O)O)c(C)c1. The molecule has 0 saturated heterocycles. The highest BCUT2D eigenvalue weighted by Crippen LogP contribution is 2.38. The first-order chi connectivity index (χ1) is 11.9. The molecule has 2 rings (SSSR count). The fourth-order valence-electron chi connectivity index (χ4n) is 2.48. The monoisotopic (exact) mass is 344 g/mol. The minimum Gasteiger partial charge on any atom is -0.502 e. The maximum Gasteiger partial charge on any atom is 0.336 e. The van der Waals surface area contributed by atoms with Gasteiger partial charge in [-0.25, -0.2) is 4.79 Å². The third kappa shape index (κ3) is 3.85. The highest BCUT2D eigenvalue weighted by molar-refractivity contribution is 6.21. The summed E-state index contributed by atoms with van der Waals surface area (Å²) >= 11 is 0. The molecule has 0 aromatic heterocycles. The molecule has 2 aromatic rings. The molecule has 0 aliphatic rings. The van der Waals surface area contributed by atoms with Gasteiger partial charge < -0.3 is 24.4 Å². The second-order valence-electron chi connectivity index (χ2n) is 5.32. The smallest absolute Gasteiger partial charge is 0.336 e. The van der Waals surface area contributed by atoms with E-state index in [-0.39, 0.29) is 22.8 Å². The van der Waals surface area contributed by atoms with E-state index in [4.69, 9.17) is 14.2 Å². The molecule has 0 radical (unpaired) electrons. The molecule has 2 aromatic carbocycles. The summed E-state index contributed by atoms with van der Waals surface area (Å²) in [7, 11) is 4.37. The molecule has 0 unspecified atom stereocenters. The van der Waals surface area contributed by atoms with Crippen molar-refractivity contribution in [2.75, 3.05) is 21.3 Å². The first kappa shape index (κ1) is 18.2. The van der Waals surface area contributed by atoms with E-state index in [9.17, 15) is 15.0 Å². The van der Waals surface area contributed by atoms with E-state index < -0.39 is 5.97 Å². The van der Waals surface area contributed by atoms with Gasteiger partial charge in [-0.3, -0.25) is 0 Å². The van der Waals surface area contributed by atoms with Crippen LogP contribution in [0.4, 0.5) is 0 Å². The summed E-state index contributed by atoms with van der Waals surface area (Å²) in [6.45, 7) is 1.81. The fourth-order valence-corrected chi connectivity index (χ4v) is 2.48. The number of carbonyl (C=O) groups is 1. The number of methoxy groups -OCH3 is 3. The Morgan fingerprint density at radius 2 is 1.60 bits per heavy atom. The van der Waals surface area contributed by atoms with Crippen LogP contribution in [-0.2, 0) is 4.79 Å². The number of rotatable bonds is 6. The average Bonchev–Trinajstić information content (AvgIpc) is 2.60. The Hall–Kier alpha value is -3.15. The molecule has 0 atom stereocenters. The van der Waals surface area contributed by atoms with Crippen LogP contribution in [0.1, 0.15) is 16.7 Å². The molecule has 0 spiro atoms. The number of aromatic hydroxyl groups is 1. The fraction of sp³-hybridized carbons (Fsp3) is 0.211. The van der Waals surface area contributed by atoms with E-state index in [0.717, 1.165) is 5.56 Å². The minimum absolute atomic E-state index is 0.106. The molecule has 0 heterocycles. The van der Waals surface area contributed by atoms with Crippen LogP contribution in [0.25, 0.3) is 11.6 Å². The third-order valence-corrected chi connectivity index (χ3v) is 3.77. The third-order valence-electron chi connectivity index (χ3n) is 3.77. The Balaban J connectivity index is 2.60. The summed E-state index contributed by atoms with van der Waals surface area (Å²) in [5.74, 6) is -0.165. The number of carboxylic acids is 1. The summed E-state index contributed by atoms with van der Waals surface area (Å²) < 4.78 is 15.4. The molecule has 25 heavy (non-hydrogen) atoms. The lowest BCUT2D eigenvalue weighted by Crippen LogP contribution is -2.02. The number of aliphatic carboxylic acids is 1. The average molecular weight is 344 g/mol. The van der Waals surface area contributed by atoms with E-state index in [1.807, 2.05) is 6.92 Å². The van der Waals surface area contributed by atoms with Gasteiger partial charge in [0.1, 0.15) is 5.75 Å². The Bertz CT molecular complexity index is 798. The van der Waals surface area contributed by atoms with Gasteiger partial charge in [-0.15, -0.1) is 0 Å². The van der Waals surface area contributed by atoms with Gasteiger partial charge in [0.15, 0.2) is 11.5 Å².